The lowest BCUT2D eigenvalue weighted by Gasteiger charge is -2.18. The molecule has 2 nitrogen and oxygen atoms in total. The number of nitrogens with zero attached hydrogens (tertiary/aromatic N) is 1. The molecular weight excluding hydrogens is 244 g/mol. The predicted octanol–water partition coefficient (Wildman–Crippen LogP) is 3.82. The first-order valence-electron chi connectivity index (χ1n) is 7.18. The summed E-state index contributed by atoms with van der Waals surface area (Å²) in [6.45, 7) is 8.55. The summed E-state index contributed by atoms with van der Waals surface area (Å²) in [7, 11) is 2.01. The van der Waals surface area contributed by atoms with Crippen molar-refractivity contribution in [1.29, 1.82) is 0 Å². The molecule has 0 amide bonds. The van der Waals surface area contributed by atoms with E-state index in [0.717, 1.165) is 12.1 Å². The molecule has 1 aromatic carbocycles. The standard InChI is InChI=1S/C18H24N2/c1-12-8-15(4)18(20-11-12)17(19-5)10-16-7-6-13(2)14(3)9-16/h6-9,11,17,19H,10H2,1-5H3. The van der Waals surface area contributed by atoms with Crippen molar-refractivity contribution in [3.63, 3.8) is 0 Å². The van der Waals surface area contributed by atoms with E-state index in [4.69, 9.17) is 0 Å². The highest BCUT2D eigenvalue weighted by molar-refractivity contribution is 5.32. The first-order valence-corrected chi connectivity index (χ1v) is 7.18. The molecule has 106 valence electrons. The van der Waals surface area contributed by atoms with Crippen LogP contribution in [0.2, 0.25) is 0 Å². The van der Waals surface area contributed by atoms with Crippen LogP contribution in [0.25, 0.3) is 0 Å². The molecule has 1 N–H and O–H groups in total. The Morgan fingerprint density at radius 3 is 2.35 bits per heavy atom. The van der Waals surface area contributed by atoms with Gasteiger partial charge in [0, 0.05) is 6.20 Å². The molecule has 0 saturated carbocycles. The summed E-state index contributed by atoms with van der Waals surface area (Å²) in [5.41, 5.74) is 7.68. The lowest BCUT2D eigenvalue weighted by atomic mass is 9.97. The SMILES string of the molecule is CNC(Cc1ccc(C)c(C)c1)c1ncc(C)cc1C. The van der Waals surface area contributed by atoms with Crippen molar-refractivity contribution in [3.8, 4) is 0 Å². The molecule has 1 heterocycles. The summed E-state index contributed by atoms with van der Waals surface area (Å²) >= 11 is 0. The highest BCUT2D eigenvalue weighted by atomic mass is 14.9. The fraction of sp³-hybridized carbons (Fsp3) is 0.389. The van der Waals surface area contributed by atoms with Gasteiger partial charge in [0.05, 0.1) is 11.7 Å². The summed E-state index contributed by atoms with van der Waals surface area (Å²) in [5, 5.41) is 3.40. The Labute approximate surface area is 122 Å². The average molecular weight is 268 g/mol. The van der Waals surface area contributed by atoms with Crippen LogP contribution in [0, 0.1) is 27.7 Å². The van der Waals surface area contributed by atoms with Gasteiger partial charge in [-0.2, -0.15) is 0 Å². The smallest absolute Gasteiger partial charge is 0.0605 e. The number of hydrogen-bond acceptors (Lipinski definition) is 2. The van der Waals surface area contributed by atoms with Crippen molar-refractivity contribution >= 4 is 0 Å². The van der Waals surface area contributed by atoms with Crippen molar-refractivity contribution in [3.05, 3.63) is 64.0 Å². The molecule has 1 aromatic heterocycles. The number of nitrogens with one attached hydrogen (secondary N) is 1. The molecule has 2 heteroatoms. The van der Waals surface area contributed by atoms with E-state index in [1.54, 1.807) is 0 Å². The molecule has 20 heavy (non-hydrogen) atoms. The minimum absolute atomic E-state index is 0.262. The van der Waals surface area contributed by atoms with Gasteiger partial charge in [-0.1, -0.05) is 24.3 Å². The summed E-state index contributed by atoms with van der Waals surface area (Å²) in [5.74, 6) is 0. The lowest BCUT2D eigenvalue weighted by Crippen LogP contribution is -2.21. The largest absolute Gasteiger partial charge is 0.311 e. The number of hydrogen-bond donors (Lipinski definition) is 1. The summed E-state index contributed by atoms with van der Waals surface area (Å²) in [6.07, 6.45) is 2.92. The van der Waals surface area contributed by atoms with Crippen molar-refractivity contribution in [1.82, 2.24) is 10.3 Å². The zero-order valence-corrected chi connectivity index (χ0v) is 13.1. The van der Waals surface area contributed by atoms with Gasteiger partial charge >= 0.3 is 0 Å². The van der Waals surface area contributed by atoms with Crippen LogP contribution in [0.1, 0.15) is 39.6 Å². The van der Waals surface area contributed by atoms with Crippen molar-refractivity contribution in [2.45, 2.75) is 40.2 Å². The fourth-order valence-electron chi connectivity index (χ4n) is 2.59. The number of benzene rings is 1. The van der Waals surface area contributed by atoms with E-state index in [9.17, 15) is 0 Å². The van der Waals surface area contributed by atoms with E-state index in [2.05, 4.69) is 62.3 Å². The molecule has 0 saturated heterocycles. The topological polar surface area (TPSA) is 24.9 Å². The third-order valence-electron chi connectivity index (χ3n) is 3.95. The molecular formula is C18H24N2. The van der Waals surface area contributed by atoms with Gasteiger partial charge < -0.3 is 5.32 Å². The monoisotopic (exact) mass is 268 g/mol. The van der Waals surface area contributed by atoms with Crippen LogP contribution in [-0.2, 0) is 6.42 Å². The third-order valence-corrected chi connectivity index (χ3v) is 3.95. The molecule has 0 radical (unpaired) electrons. The van der Waals surface area contributed by atoms with Crippen LogP contribution in [0.5, 0.6) is 0 Å². The Kier molecular flexibility index (Phi) is 4.56. The molecule has 0 aliphatic carbocycles. The van der Waals surface area contributed by atoms with Gasteiger partial charge in [0.1, 0.15) is 0 Å². The van der Waals surface area contributed by atoms with E-state index in [0.29, 0.717) is 0 Å². The van der Waals surface area contributed by atoms with Gasteiger partial charge in [-0.15, -0.1) is 0 Å². The van der Waals surface area contributed by atoms with E-state index >= 15 is 0 Å². The number of rotatable bonds is 4. The van der Waals surface area contributed by atoms with Crippen LogP contribution < -0.4 is 5.32 Å². The average Bonchev–Trinajstić information content (AvgIpc) is 2.41. The van der Waals surface area contributed by atoms with Crippen LogP contribution in [0.4, 0.5) is 0 Å². The van der Waals surface area contributed by atoms with Crippen LogP contribution in [0.3, 0.4) is 0 Å². The van der Waals surface area contributed by atoms with E-state index in [1.807, 2.05) is 13.2 Å². The molecule has 0 fully saturated rings. The molecule has 2 rings (SSSR count). The molecule has 1 atom stereocenters. The third kappa shape index (κ3) is 3.26. The second-order valence-electron chi connectivity index (χ2n) is 5.68. The van der Waals surface area contributed by atoms with Gasteiger partial charge in [0.15, 0.2) is 0 Å². The molecule has 0 spiro atoms. The number of likely N-dealkylation sites (N-methyl/N-ethyl adjacent to an activating group) is 1. The number of aromatic nitrogens is 1. The van der Waals surface area contributed by atoms with Gasteiger partial charge in [-0.05, 0) is 69.0 Å². The Hall–Kier alpha value is -1.67. The summed E-state index contributed by atoms with van der Waals surface area (Å²) in [4.78, 5) is 4.62. The molecule has 1 unspecified atom stereocenters. The van der Waals surface area contributed by atoms with Crippen molar-refractivity contribution in [2.75, 3.05) is 7.05 Å². The first-order chi connectivity index (χ1) is 9.51. The van der Waals surface area contributed by atoms with E-state index in [-0.39, 0.29) is 6.04 Å². The number of pyridine rings is 1. The maximum absolute atomic E-state index is 4.62. The maximum Gasteiger partial charge on any atom is 0.0605 e. The fourth-order valence-corrected chi connectivity index (χ4v) is 2.59. The molecule has 0 aliphatic rings. The summed E-state index contributed by atoms with van der Waals surface area (Å²) in [6, 6.07) is 9.16. The highest BCUT2D eigenvalue weighted by Crippen LogP contribution is 2.21. The highest BCUT2D eigenvalue weighted by Gasteiger charge is 2.14. The van der Waals surface area contributed by atoms with E-state index in [1.165, 1.54) is 27.8 Å². The lowest BCUT2D eigenvalue weighted by molar-refractivity contribution is 0.572. The molecule has 0 bridgehead atoms. The zero-order chi connectivity index (χ0) is 14.7. The Balaban J connectivity index is 2.26. The Bertz CT molecular complexity index is 602. The second kappa shape index (κ2) is 6.19. The van der Waals surface area contributed by atoms with Crippen molar-refractivity contribution < 1.29 is 0 Å². The second-order valence-corrected chi connectivity index (χ2v) is 5.68. The van der Waals surface area contributed by atoms with Crippen LogP contribution in [0.15, 0.2) is 30.5 Å². The minimum Gasteiger partial charge on any atom is -0.311 e. The zero-order valence-electron chi connectivity index (χ0n) is 13.1. The Morgan fingerprint density at radius 2 is 1.75 bits per heavy atom. The molecule has 2 aromatic rings. The van der Waals surface area contributed by atoms with Crippen LogP contribution in [-0.4, -0.2) is 12.0 Å². The van der Waals surface area contributed by atoms with Gasteiger partial charge in [0.2, 0.25) is 0 Å². The van der Waals surface area contributed by atoms with Gasteiger partial charge in [-0.3, -0.25) is 4.98 Å². The minimum atomic E-state index is 0.262. The molecule has 0 aliphatic heterocycles. The van der Waals surface area contributed by atoms with Gasteiger partial charge in [-0.25, -0.2) is 0 Å². The van der Waals surface area contributed by atoms with E-state index < -0.39 is 0 Å². The summed E-state index contributed by atoms with van der Waals surface area (Å²) < 4.78 is 0. The quantitative estimate of drug-likeness (QED) is 0.912. The normalized spacial score (nSPS) is 12.4. The van der Waals surface area contributed by atoms with Gasteiger partial charge in [0.25, 0.3) is 0 Å². The van der Waals surface area contributed by atoms with Crippen LogP contribution >= 0.6 is 0 Å². The maximum atomic E-state index is 4.62. The first kappa shape index (κ1) is 14.7. The number of aryl methyl sites for hydroxylation is 4. The predicted molar refractivity (Wildman–Crippen MR) is 85.1 cm³/mol. The van der Waals surface area contributed by atoms with Crippen molar-refractivity contribution in [2.24, 2.45) is 0 Å². The Morgan fingerprint density at radius 1 is 1.00 bits per heavy atom.